The second-order valence-electron chi connectivity index (χ2n) is 6.20. The van der Waals surface area contributed by atoms with Crippen LogP contribution in [-0.2, 0) is 9.59 Å². The third-order valence-electron chi connectivity index (χ3n) is 4.51. The molecule has 1 N–H and O–H groups in total. The Hall–Kier alpha value is -2.28. The maximum atomic E-state index is 12.5. The van der Waals surface area contributed by atoms with Gasteiger partial charge in [0.25, 0.3) is 0 Å². The van der Waals surface area contributed by atoms with Crippen molar-refractivity contribution in [1.82, 2.24) is 15.1 Å². The SMILES string of the molecule is O=C1CCN(CC(=O)N2CCCN(c3ccccc3Cl)CC2)C(=O)N1. The van der Waals surface area contributed by atoms with Crippen molar-refractivity contribution < 1.29 is 14.4 Å². The number of halogens is 1. The van der Waals surface area contributed by atoms with Crippen LogP contribution in [0.15, 0.2) is 24.3 Å². The van der Waals surface area contributed by atoms with Crippen molar-refractivity contribution in [2.24, 2.45) is 0 Å². The van der Waals surface area contributed by atoms with Gasteiger partial charge in [-0.15, -0.1) is 0 Å². The Morgan fingerprint density at radius 1 is 1.08 bits per heavy atom. The highest BCUT2D eigenvalue weighted by Gasteiger charge is 2.27. The number of carbonyl (C=O) groups excluding carboxylic acids is 3. The van der Waals surface area contributed by atoms with Gasteiger partial charge in [-0.2, -0.15) is 0 Å². The first kappa shape index (κ1) is 17.5. The molecule has 0 aromatic heterocycles. The minimum absolute atomic E-state index is 0.00517. The molecule has 2 aliphatic rings. The fourth-order valence-corrected chi connectivity index (χ4v) is 3.38. The van der Waals surface area contributed by atoms with Gasteiger partial charge in [0.1, 0.15) is 6.54 Å². The number of para-hydroxylation sites is 1. The van der Waals surface area contributed by atoms with Gasteiger partial charge in [-0.1, -0.05) is 23.7 Å². The summed E-state index contributed by atoms with van der Waals surface area (Å²) in [6.45, 7) is 3.04. The highest BCUT2D eigenvalue weighted by molar-refractivity contribution is 6.33. The summed E-state index contributed by atoms with van der Waals surface area (Å²) in [5.41, 5.74) is 0.979. The molecule has 2 heterocycles. The third-order valence-corrected chi connectivity index (χ3v) is 4.83. The van der Waals surface area contributed by atoms with E-state index in [9.17, 15) is 14.4 Å². The van der Waals surface area contributed by atoms with Crippen molar-refractivity contribution in [2.45, 2.75) is 12.8 Å². The summed E-state index contributed by atoms with van der Waals surface area (Å²) >= 11 is 6.27. The third kappa shape index (κ3) is 4.22. The number of rotatable bonds is 3. The van der Waals surface area contributed by atoms with E-state index in [-0.39, 0.29) is 31.3 Å². The van der Waals surface area contributed by atoms with E-state index < -0.39 is 6.03 Å². The quantitative estimate of drug-likeness (QED) is 0.878. The van der Waals surface area contributed by atoms with Gasteiger partial charge in [0, 0.05) is 39.1 Å². The lowest BCUT2D eigenvalue weighted by atomic mass is 10.2. The topological polar surface area (TPSA) is 73.0 Å². The van der Waals surface area contributed by atoms with Gasteiger partial charge in [-0.05, 0) is 18.6 Å². The van der Waals surface area contributed by atoms with Gasteiger partial charge in [0.05, 0.1) is 10.7 Å². The molecule has 1 aromatic carbocycles. The number of imide groups is 1. The van der Waals surface area contributed by atoms with E-state index >= 15 is 0 Å². The number of carbonyl (C=O) groups is 3. The molecule has 2 fully saturated rings. The van der Waals surface area contributed by atoms with E-state index in [0.29, 0.717) is 24.7 Å². The number of anilines is 1. The summed E-state index contributed by atoms with van der Waals surface area (Å²) < 4.78 is 0. The zero-order valence-corrected chi connectivity index (χ0v) is 14.7. The lowest BCUT2D eigenvalue weighted by Crippen LogP contribution is -2.53. The Bertz CT molecular complexity index is 682. The molecule has 0 spiro atoms. The first-order valence-corrected chi connectivity index (χ1v) is 8.78. The van der Waals surface area contributed by atoms with Crippen molar-refractivity contribution in [3.8, 4) is 0 Å². The zero-order valence-electron chi connectivity index (χ0n) is 13.9. The maximum Gasteiger partial charge on any atom is 0.324 e. The highest BCUT2D eigenvalue weighted by atomic mass is 35.5. The van der Waals surface area contributed by atoms with Crippen LogP contribution in [0.5, 0.6) is 0 Å². The lowest BCUT2D eigenvalue weighted by molar-refractivity contribution is -0.132. The van der Waals surface area contributed by atoms with Crippen molar-refractivity contribution in [1.29, 1.82) is 0 Å². The Morgan fingerprint density at radius 3 is 2.64 bits per heavy atom. The predicted octanol–water partition coefficient (Wildman–Crippen LogP) is 1.32. The van der Waals surface area contributed by atoms with Gasteiger partial charge >= 0.3 is 6.03 Å². The van der Waals surface area contributed by atoms with Gasteiger partial charge in [0.15, 0.2) is 0 Å². The van der Waals surface area contributed by atoms with Gasteiger partial charge < -0.3 is 14.7 Å². The van der Waals surface area contributed by atoms with E-state index in [1.807, 2.05) is 24.3 Å². The van der Waals surface area contributed by atoms with Crippen LogP contribution in [0.2, 0.25) is 5.02 Å². The largest absolute Gasteiger partial charge is 0.368 e. The van der Waals surface area contributed by atoms with Crippen LogP contribution >= 0.6 is 11.6 Å². The lowest BCUT2D eigenvalue weighted by Gasteiger charge is -2.29. The average Bonchev–Trinajstić information content (AvgIpc) is 2.84. The molecule has 0 aliphatic carbocycles. The minimum Gasteiger partial charge on any atom is -0.368 e. The maximum absolute atomic E-state index is 12.5. The van der Waals surface area contributed by atoms with Gasteiger partial charge in [-0.3, -0.25) is 14.9 Å². The molecule has 2 aliphatic heterocycles. The van der Waals surface area contributed by atoms with Crippen molar-refractivity contribution >= 4 is 35.1 Å². The Balaban J connectivity index is 1.57. The number of benzene rings is 1. The number of hydrogen-bond donors (Lipinski definition) is 1. The number of nitrogens with zero attached hydrogens (tertiary/aromatic N) is 3. The molecular formula is C17H21ClN4O3. The second-order valence-corrected chi connectivity index (χ2v) is 6.60. The van der Waals surface area contributed by atoms with Crippen LogP contribution in [0, 0.1) is 0 Å². The number of hydrogen-bond acceptors (Lipinski definition) is 4. The predicted molar refractivity (Wildman–Crippen MR) is 94.6 cm³/mol. The zero-order chi connectivity index (χ0) is 17.8. The number of amides is 4. The molecular weight excluding hydrogens is 344 g/mol. The number of nitrogens with one attached hydrogen (secondary N) is 1. The molecule has 2 saturated heterocycles. The van der Waals surface area contributed by atoms with Crippen LogP contribution in [0.1, 0.15) is 12.8 Å². The fourth-order valence-electron chi connectivity index (χ4n) is 3.13. The molecule has 1 aromatic rings. The minimum atomic E-state index is -0.489. The summed E-state index contributed by atoms with van der Waals surface area (Å²) in [6.07, 6.45) is 1.07. The van der Waals surface area contributed by atoms with E-state index in [0.717, 1.165) is 18.7 Å². The summed E-state index contributed by atoms with van der Waals surface area (Å²) in [5.74, 6) is -0.385. The van der Waals surface area contributed by atoms with Crippen LogP contribution in [0.25, 0.3) is 0 Å². The Kier molecular flexibility index (Phi) is 5.43. The first-order valence-electron chi connectivity index (χ1n) is 8.40. The highest BCUT2D eigenvalue weighted by Crippen LogP contribution is 2.26. The Labute approximate surface area is 151 Å². The molecule has 134 valence electrons. The molecule has 4 amide bonds. The molecule has 0 radical (unpaired) electrons. The standard InChI is InChI=1S/C17H21ClN4O3/c18-13-4-1-2-5-14(13)20-7-3-8-21(11-10-20)16(24)12-22-9-6-15(23)19-17(22)25/h1-2,4-5H,3,6-12H2,(H,19,23,25). The molecule has 0 unspecified atom stereocenters. The van der Waals surface area contributed by atoms with E-state index in [4.69, 9.17) is 11.6 Å². The first-order chi connectivity index (χ1) is 12.0. The molecule has 25 heavy (non-hydrogen) atoms. The van der Waals surface area contributed by atoms with Crippen molar-refractivity contribution in [3.63, 3.8) is 0 Å². The summed E-state index contributed by atoms with van der Waals surface area (Å²) in [5, 5.41) is 2.94. The molecule has 0 atom stereocenters. The summed E-state index contributed by atoms with van der Waals surface area (Å²) in [6, 6.07) is 7.20. The van der Waals surface area contributed by atoms with Crippen molar-refractivity contribution in [2.75, 3.05) is 44.2 Å². The van der Waals surface area contributed by atoms with Crippen LogP contribution < -0.4 is 10.2 Å². The van der Waals surface area contributed by atoms with Crippen molar-refractivity contribution in [3.05, 3.63) is 29.3 Å². The summed E-state index contributed by atoms with van der Waals surface area (Å²) in [4.78, 5) is 40.8. The molecule has 7 nitrogen and oxygen atoms in total. The smallest absolute Gasteiger partial charge is 0.324 e. The van der Waals surface area contributed by atoms with Crippen LogP contribution in [0.3, 0.4) is 0 Å². The molecule has 0 bridgehead atoms. The molecule has 0 saturated carbocycles. The summed E-state index contributed by atoms with van der Waals surface area (Å²) in [7, 11) is 0. The van der Waals surface area contributed by atoms with E-state index in [2.05, 4.69) is 10.2 Å². The molecule has 3 rings (SSSR count). The van der Waals surface area contributed by atoms with Gasteiger partial charge in [-0.25, -0.2) is 4.79 Å². The fraction of sp³-hybridized carbons (Fsp3) is 0.471. The molecule has 8 heteroatoms. The van der Waals surface area contributed by atoms with Crippen LogP contribution in [0.4, 0.5) is 10.5 Å². The van der Waals surface area contributed by atoms with Crippen LogP contribution in [-0.4, -0.2) is 66.9 Å². The van der Waals surface area contributed by atoms with Gasteiger partial charge in [0.2, 0.25) is 11.8 Å². The monoisotopic (exact) mass is 364 g/mol. The Morgan fingerprint density at radius 2 is 1.88 bits per heavy atom. The average molecular weight is 365 g/mol. The van der Waals surface area contributed by atoms with E-state index in [1.165, 1.54) is 4.90 Å². The normalized spacial score (nSPS) is 18.8. The van der Waals surface area contributed by atoms with E-state index in [1.54, 1.807) is 4.90 Å². The number of urea groups is 1. The second kappa shape index (κ2) is 7.74.